The molecule has 1 aliphatic rings. The molecule has 0 radical (unpaired) electrons. The van der Waals surface area contributed by atoms with Crippen LogP contribution in [0.1, 0.15) is 15.9 Å². The Bertz CT molecular complexity index is 1050. The first-order chi connectivity index (χ1) is 14.6. The highest BCUT2D eigenvalue weighted by molar-refractivity contribution is 9.10. The standard InChI is InChI=1S/C23H20BrNO5/c1-27-20-8-2-15(12-16(20)14-30-19-6-3-17(24)4-7-19)23(26)25-18-5-9-21-22(13-18)29-11-10-28-21/h2-9,12-13H,10-11,14H2,1H3,(H,25,26). The van der Waals surface area contributed by atoms with Gasteiger partial charge in [-0.1, -0.05) is 15.9 Å². The number of hydrogen-bond donors (Lipinski definition) is 1. The molecule has 1 amide bonds. The van der Waals surface area contributed by atoms with Gasteiger partial charge in [0.2, 0.25) is 0 Å². The van der Waals surface area contributed by atoms with Gasteiger partial charge in [0.05, 0.1) is 7.11 Å². The third-order valence-corrected chi connectivity index (χ3v) is 5.08. The fraction of sp³-hybridized carbons (Fsp3) is 0.174. The lowest BCUT2D eigenvalue weighted by Crippen LogP contribution is -2.16. The Hall–Kier alpha value is -3.19. The van der Waals surface area contributed by atoms with Crippen LogP contribution in [-0.2, 0) is 6.61 Å². The van der Waals surface area contributed by atoms with E-state index in [1.54, 1.807) is 43.5 Å². The topological polar surface area (TPSA) is 66.0 Å². The van der Waals surface area contributed by atoms with E-state index in [-0.39, 0.29) is 12.5 Å². The first kappa shape index (κ1) is 20.1. The summed E-state index contributed by atoms with van der Waals surface area (Å²) in [6, 6.07) is 18.1. The molecule has 0 atom stereocenters. The van der Waals surface area contributed by atoms with Crippen molar-refractivity contribution in [2.24, 2.45) is 0 Å². The van der Waals surface area contributed by atoms with Crippen molar-refractivity contribution >= 4 is 27.5 Å². The summed E-state index contributed by atoms with van der Waals surface area (Å²) >= 11 is 3.40. The number of rotatable bonds is 6. The zero-order valence-corrected chi connectivity index (χ0v) is 17.9. The third kappa shape index (κ3) is 4.68. The van der Waals surface area contributed by atoms with E-state index < -0.39 is 0 Å². The minimum Gasteiger partial charge on any atom is -0.496 e. The summed E-state index contributed by atoms with van der Waals surface area (Å²) in [5.41, 5.74) is 1.91. The lowest BCUT2D eigenvalue weighted by molar-refractivity contribution is 0.102. The van der Waals surface area contributed by atoms with Crippen LogP contribution in [0.4, 0.5) is 5.69 Å². The van der Waals surface area contributed by atoms with Gasteiger partial charge in [0.1, 0.15) is 31.3 Å². The van der Waals surface area contributed by atoms with E-state index >= 15 is 0 Å². The summed E-state index contributed by atoms with van der Waals surface area (Å²) in [5.74, 6) is 2.45. The molecule has 6 nitrogen and oxygen atoms in total. The van der Waals surface area contributed by atoms with Crippen LogP contribution >= 0.6 is 15.9 Å². The zero-order valence-electron chi connectivity index (χ0n) is 16.3. The first-order valence-corrected chi connectivity index (χ1v) is 10.2. The van der Waals surface area contributed by atoms with E-state index in [2.05, 4.69) is 21.2 Å². The minimum atomic E-state index is -0.237. The molecule has 1 aliphatic heterocycles. The van der Waals surface area contributed by atoms with Crippen molar-refractivity contribution in [3.8, 4) is 23.0 Å². The van der Waals surface area contributed by atoms with Crippen LogP contribution in [-0.4, -0.2) is 26.2 Å². The van der Waals surface area contributed by atoms with Gasteiger partial charge < -0.3 is 24.3 Å². The van der Waals surface area contributed by atoms with E-state index in [4.69, 9.17) is 18.9 Å². The van der Waals surface area contributed by atoms with Crippen molar-refractivity contribution in [3.05, 3.63) is 76.3 Å². The van der Waals surface area contributed by atoms with E-state index in [1.165, 1.54) is 0 Å². The second kappa shape index (κ2) is 9.09. The predicted molar refractivity (Wildman–Crippen MR) is 117 cm³/mol. The number of methoxy groups -OCH3 is 1. The highest BCUT2D eigenvalue weighted by atomic mass is 79.9. The van der Waals surface area contributed by atoms with E-state index in [1.807, 2.05) is 24.3 Å². The molecule has 3 aromatic carbocycles. The van der Waals surface area contributed by atoms with Gasteiger partial charge in [0.25, 0.3) is 5.91 Å². The van der Waals surface area contributed by atoms with E-state index in [0.29, 0.717) is 41.7 Å². The average molecular weight is 470 g/mol. The number of ether oxygens (including phenoxy) is 4. The summed E-state index contributed by atoms with van der Waals surface area (Å²) < 4.78 is 23.3. The number of carbonyl (C=O) groups is 1. The van der Waals surface area contributed by atoms with Crippen molar-refractivity contribution < 1.29 is 23.7 Å². The van der Waals surface area contributed by atoms with Crippen LogP contribution in [0.2, 0.25) is 0 Å². The van der Waals surface area contributed by atoms with Crippen LogP contribution in [0, 0.1) is 0 Å². The fourth-order valence-electron chi connectivity index (χ4n) is 3.05. The number of halogens is 1. The quantitative estimate of drug-likeness (QED) is 0.546. The van der Waals surface area contributed by atoms with Crippen molar-refractivity contribution in [1.82, 2.24) is 0 Å². The third-order valence-electron chi connectivity index (χ3n) is 4.55. The van der Waals surface area contributed by atoms with Gasteiger partial charge in [-0.15, -0.1) is 0 Å². The van der Waals surface area contributed by atoms with E-state index in [0.717, 1.165) is 15.8 Å². The van der Waals surface area contributed by atoms with Crippen molar-refractivity contribution in [3.63, 3.8) is 0 Å². The number of fused-ring (bicyclic) bond motifs is 1. The molecule has 1 heterocycles. The maximum absolute atomic E-state index is 12.8. The molecule has 154 valence electrons. The van der Waals surface area contributed by atoms with Gasteiger partial charge >= 0.3 is 0 Å². The number of nitrogens with one attached hydrogen (secondary N) is 1. The largest absolute Gasteiger partial charge is 0.496 e. The summed E-state index contributed by atoms with van der Waals surface area (Å²) in [6.45, 7) is 1.29. The Labute approximate surface area is 182 Å². The normalized spacial score (nSPS) is 12.2. The molecule has 0 aliphatic carbocycles. The van der Waals surface area contributed by atoms with Crippen LogP contribution in [0.3, 0.4) is 0 Å². The van der Waals surface area contributed by atoms with Gasteiger partial charge in [-0.05, 0) is 54.6 Å². The highest BCUT2D eigenvalue weighted by Gasteiger charge is 2.15. The number of hydrogen-bond acceptors (Lipinski definition) is 5. The Kier molecular flexibility index (Phi) is 6.09. The summed E-state index contributed by atoms with van der Waals surface area (Å²) in [6.07, 6.45) is 0. The molecule has 0 saturated carbocycles. The highest BCUT2D eigenvalue weighted by Crippen LogP contribution is 2.33. The summed E-state index contributed by atoms with van der Waals surface area (Å²) in [5, 5.41) is 2.89. The fourth-order valence-corrected chi connectivity index (χ4v) is 3.31. The number of anilines is 1. The first-order valence-electron chi connectivity index (χ1n) is 9.38. The lowest BCUT2D eigenvalue weighted by atomic mass is 10.1. The van der Waals surface area contributed by atoms with Gasteiger partial charge in [-0.2, -0.15) is 0 Å². The van der Waals surface area contributed by atoms with Crippen LogP contribution in [0.5, 0.6) is 23.0 Å². The molecule has 7 heteroatoms. The maximum Gasteiger partial charge on any atom is 0.255 e. The zero-order chi connectivity index (χ0) is 20.9. The lowest BCUT2D eigenvalue weighted by Gasteiger charge is -2.19. The average Bonchev–Trinajstić information content (AvgIpc) is 2.78. The van der Waals surface area contributed by atoms with Gasteiger partial charge in [0, 0.05) is 27.4 Å². The Balaban J connectivity index is 1.48. The summed E-state index contributed by atoms with van der Waals surface area (Å²) in [4.78, 5) is 12.8. The summed E-state index contributed by atoms with van der Waals surface area (Å²) in [7, 11) is 1.59. The van der Waals surface area contributed by atoms with Gasteiger partial charge in [-0.25, -0.2) is 0 Å². The molecule has 0 aromatic heterocycles. The Morgan fingerprint density at radius 2 is 1.77 bits per heavy atom. The number of amides is 1. The monoisotopic (exact) mass is 469 g/mol. The Morgan fingerprint density at radius 1 is 1.00 bits per heavy atom. The molecule has 0 fully saturated rings. The van der Waals surface area contributed by atoms with Gasteiger partial charge in [-0.3, -0.25) is 4.79 Å². The smallest absolute Gasteiger partial charge is 0.255 e. The molecule has 30 heavy (non-hydrogen) atoms. The van der Waals surface area contributed by atoms with Crippen LogP contribution in [0.15, 0.2) is 65.1 Å². The van der Waals surface area contributed by atoms with Crippen molar-refractivity contribution in [2.75, 3.05) is 25.6 Å². The minimum absolute atomic E-state index is 0.237. The molecule has 0 saturated heterocycles. The Morgan fingerprint density at radius 3 is 2.53 bits per heavy atom. The molecular formula is C23H20BrNO5. The van der Waals surface area contributed by atoms with Crippen LogP contribution < -0.4 is 24.3 Å². The van der Waals surface area contributed by atoms with Crippen molar-refractivity contribution in [2.45, 2.75) is 6.61 Å². The van der Waals surface area contributed by atoms with Crippen molar-refractivity contribution in [1.29, 1.82) is 0 Å². The SMILES string of the molecule is COc1ccc(C(=O)Nc2ccc3c(c2)OCCO3)cc1COc1ccc(Br)cc1. The molecule has 0 unspecified atom stereocenters. The van der Waals surface area contributed by atoms with Gasteiger partial charge in [0.15, 0.2) is 11.5 Å². The molecular weight excluding hydrogens is 450 g/mol. The molecule has 1 N–H and O–H groups in total. The number of benzene rings is 3. The maximum atomic E-state index is 12.8. The second-order valence-electron chi connectivity index (χ2n) is 6.58. The molecule has 0 spiro atoms. The predicted octanol–water partition coefficient (Wildman–Crippen LogP) is 5.06. The molecule has 4 rings (SSSR count). The molecule has 3 aromatic rings. The second-order valence-corrected chi connectivity index (χ2v) is 7.50. The van der Waals surface area contributed by atoms with E-state index in [9.17, 15) is 4.79 Å². The van der Waals surface area contributed by atoms with Crippen LogP contribution in [0.25, 0.3) is 0 Å². The number of carbonyl (C=O) groups excluding carboxylic acids is 1. The molecule has 0 bridgehead atoms.